The minimum absolute atomic E-state index is 0.00948. The molecule has 0 aliphatic rings. The van der Waals surface area contributed by atoms with Crippen LogP contribution < -0.4 is 24.4 Å². The van der Waals surface area contributed by atoms with Crippen LogP contribution in [0.25, 0.3) is 11.1 Å². The van der Waals surface area contributed by atoms with Crippen LogP contribution in [-0.4, -0.2) is 56.5 Å². The van der Waals surface area contributed by atoms with Crippen LogP contribution in [0, 0.1) is 6.92 Å². The molecule has 4 rings (SSSR count). The van der Waals surface area contributed by atoms with Crippen molar-refractivity contribution in [2.75, 3.05) is 31.7 Å². The summed E-state index contributed by atoms with van der Waals surface area (Å²) in [4.78, 5) is 64.0. The molecule has 0 saturated carbocycles. The summed E-state index contributed by atoms with van der Waals surface area (Å²) >= 11 is 6.99. The Bertz CT molecular complexity index is 1850. The Labute approximate surface area is 317 Å². The number of benzene rings is 4. The van der Waals surface area contributed by atoms with Gasteiger partial charge in [0.05, 0.1) is 12.1 Å². The Morgan fingerprint density at radius 3 is 1.65 bits per heavy atom. The third-order valence-corrected chi connectivity index (χ3v) is 8.89. The molecule has 0 heterocycles. The maximum Gasteiger partial charge on any atom is 0.344 e. The van der Waals surface area contributed by atoms with E-state index < -0.39 is 37.0 Å². The first-order valence-electron chi connectivity index (χ1n) is 15.9. The Morgan fingerprint density at radius 2 is 1.19 bits per heavy atom. The van der Waals surface area contributed by atoms with Crippen molar-refractivity contribution in [2.45, 2.75) is 34.0 Å². The number of halogens is 2. The van der Waals surface area contributed by atoms with Gasteiger partial charge in [-0.3, -0.25) is 14.4 Å². The van der Waals surface area contributed by atoms with E-state index in [4.69, 9.17) is 23.7 Å². The fourth-order valence-electron chi connectivity index (χ4n) is 4.91. The first-order valence-corrected chi connectivity index (χ1v) is 17.4. The number of carbonyl (C=O) groups is 5. The van der Waals surface area contributed by atoms with Crippen LogP contribution in [0.4, 0.5) is 5.69 Å². The van der Waals surface area contributed by atoms with Crippen LogP contribution in [0.3, 0.4) is 0 Å². The molecule has 0 unspecified atom stereocenters. The normalized spacial score (nSPS) is 10.5. The van der Waals surface area contributed by atoms with Crippen LogP contribution in [-0.2, 0) is 46.7 Å². The number of anilines is 1. The molecular weight excluding hydrogens is 804 g/mol. The van der Waals surface area contributed by atoms with Gasteiger partial charge >= 0.3 is 17.9 Å². The Hall–Kier alpha value is -5.21. The van der Waals surface area contributed by atoms with Crippen LogP contribution in [0.15, 0.2) is 87.8 Å². The third kappa shape index (κ3) is 10.7. The van der Waals surface area contributed by atoms with E-state index in [1.807, 2.05) is 60.7 Å². The molecule has 2 amide bonds. The highest BCUT2D eigenvalue weighted by Crippen LogP contribution is 2.55. The van der Waals surface area contributed by atoms with Gasteiger partial charge in [0.15, 0.2) is 19.0 Å². The molecule has 4 aromatic rings. The number of amides is 2. The predicted octanol–water partition coefficient (Wildman–Crippen LogP) is 6.46. The molecule has 272 valence electrons. The summed E-state index contributed by atoms with van der Waals surface area (Å²) in [6.45, 7) is 2.93. The first-order chi connectivity index (χ1) is 24.9. The van der Waals surface area contributed by atoms with Crippen molar-refractivity contribution >= 4 is 67.3 Å². The lowest BCUT2D eigenvalue weighted by molar-refractivity contribution is -0.148. The van der Waals surface area contributed by atoms with Crippen molar-refractivity contribution in [3.63, 3.8) is 0 Å². The molecule has 0 aliphatic heterocycles. The number of rotatable bonds is 15. The monoisotopic (exact) mass is 838 g/mol. The number of nitrogens with one attached hydrogen (secondary N) is 1. The zero-order valence-electron chi connectivity index (χ0n) is 28.8. The highest BCUT2D eigenvalue weighted by molar-refractivity contribution is 9.11. The minimum atomic E-state index is -0.695. The van der Waals surface area contributed by atoms with E-state index in [1.54, 1.807) is 32.2 Å². The van der Waals surface area contributed by atoms with E-state index in [2.05, 4.69) is 37.2 Å². The summed E-state index contributed by atoms with van der Waals surface area (Å²) in [6, 6.07) is 23.4. The van der Waals surface area contributed by atoms with E-state index in [1.165, 1.54) is 18.7 Å². The van der Waals surface area contributed by atoms with E-state index >= 15 is 0 Å². The molecule has 0 radical (unpaired) electrons. The molecule has 0 atom stereocenters. The molecule has 0 saturated heterocycles. The zero-order valence-corrected chi connectivity index (χ0v) is 32.0. The molecule has 1 N–H and O–H groups in total. The molecule has 14 heteroatoms. The highest BCUT2D eigenvalue weighted by atomic mass is 79.9. The second-order valence-electron chi connectivity index (χ2n) is 11.3. The van der Waals surface area contributed by atoms with Gasteiger partial charge in [-0.1, -0.05) is 72.8 Å². The molecular formula is C38H36Br2N2O10. The van der Waals surface area contributed by atoms with Crippen LogP contribution in [0.2, 0.25) is 0 Å². The summed E-state index contributed by atoms with van der Waals surface area (Å²) in [5.41, 5.74) is 3.30. The molecule has 0 spiro atoms. The fourth-order valence-corrected chi connectivity index (χ4v) is 6.36. The van der Waals surface area contributed by atoms with Gasteiger partial charge in [0.2, 0.25) is 11.8 Å². The van der Waals surface area contributed by atoms with Crippen molar-refractivity contribution < 1.29 is 47.7 Å². The van der Waals surface area contributed by atoms with E-state index in [0.29, 0.717) is 16.8 Å². The average molecular weight is 841 g/mol. The smallest absolute Gasteiger partial charge is 0.344 e. The topological polar surface area (TPSA) is 147 Å². The third-order valence-electron chi connectivity index (χ3n) is 7.45. The fraction of sp³-hybridized carbons (Fsp3) is 0.237. The largest absolute Gasteiger partial charge is 0.480 e. The van der Waals surface area contributed by atoms with Gasteiger partial charge in [-0.15, -0.1) is 0 Å². The molecule has 12 nitrogen and oxygen atoms in total. The Balaban J connectivity index is 1.78. The molecule has 52 heavy (non-hydrogen) atoms. The van der Waals surface area contributed by atoms with Crippen molar-refractivity contribution in [1.29, 1.82) is 0 Å². The maximum absolute atomic E-state index is 13.0. The summed E-state index contributed by atoms with van der Waals surface area (Å²) in [5, 5.41) is 2.50. The molecule has 0 aliphatic carbocycles. The average Bonchev–Trinajstić information content (AvgIpc) is 3.13. The van der Waals surface area contributed by atoms with Gasteiger partial charge in [0, 0.05) is 26.6 Å². The van der Waals surface area contributed by atoms with Crippen LogP contribution in [0.5, 0.6) is 17.2 Å². The standard InChI is InChI=1S/C38H36Br2N2O10/c1-23-28(16-11-17-29(23)42(4)30(45)18-41-24(2)43)33-36(50-21-31(46)48-19-26-12-7-5-8-13-26)34(39)38(52-25(3)44)35(40)37(33)51-22-32(47)49-20-27-14-9-6-10-15-27/h5-17H,18-22H2,1-4H3,(H,41,43). The van der Waals surface area contributed by atoms with Crippen LogP contribution in [0.1, 0.15) is 30.5 Å². The van der Waals surface area contributed by atoms with Crippen molar-refractivity contribution in [3.05, 3.63) is 104 Å². The summed E-state index contributed by atoms with van der Waals surface area (Å²) in [5.74, 6) is -2.84. The summed E-state index contributed by atoms with van der Waals surface area (Å²) in [7, 11) is 1.56. The number of hydrogen-bond donors (Lipinski definition) is 1. The number of likely N-dealkylation sites (N-methyl/N-ethyl adjacent to an activating group) is 1. The van der Waals surface area contributed by atoms with Crippen molar-refractivity contribution in [2.24, 2.45) is 0 Å². The second-order valence-corrected chi connectivity index (χ2v) is 12.9. The van der Waals surface area contributed by atoms with Gasteiger partial charge in [-0.05, 0) is 67.1 Å². The lowest BCUT2D eigenvalue weighted by atomic mass is 9.96. The van der Waals surface area contributed by atoms with Crippen molar-refractivity contribution in [1.82, 2.24) is 5.32 Å². The number of ether oxygens (including phenoxy) is 5. The lowest BCUT2D eigenvalue weighted by Gasteiger charge is -2.25. The zero-order chi connectivity index (χ0) is 37.8. The minimum Gasteiger partial charge on any atom is -0.480 e. The van der Waals surface area contributed by atoms with Gasteiger partial charge < -0.3 is 33.9 Å². The molecule has 0 aromatic heterocycles. The van der Waals surface area contributed by atoms with E-state index in [9.17, 15) is 24.0 Å². The highest BCUT2D eigenvalue weighted by Gasteiger charge is 2.30. The SMILES string of the molecule is CC(=O)NCC(=O)N(C)c1cccc(-c2c(OCC(=O)OCc3ccccc3)c(Br)c(OC(C)=O)c(Br)c2OCC(=O)OCc2ccccc2)c1C. The lowest BCUT2D eigenvalue weighted by Crippen LogP contribution is -2.37. The summed E-state index contributed by atoms with van der Waals surface area (Å²) in [6.07, 6.45) is 0. The Morgan fingerprint density at radius 1 is 0.692 bits per heavy atom. The van der Waals surface area contributed by atoms with Gasteiger partial charge in [-0.25, -0.2) is 9.59 Å². The number of carbonyl (C=O) groups excluding carboxylic acids is 5. The molecule has 0 bridgehead atoms. The van der Waals surface area contributed by atoms with Crippen LogP contribution >= 0.6 is 31.9 Å². The van der Waals surface area contributed by atoms with Gasteiger partial charge in [0.1, 0.15) is 33.7 Å². The van der Waals surface area contributed by atoms with E-state index in [0.717, 1.165) is 11.1 Å². The quantitative estimate of drug-likeness (QED) is 0.105. The van der Waals surface area contributed by atoms with Crippen molar-refractivity contribution in [3.8, 4) is 28.4 Å². The van der Waals surface area contributed by atoms with E-state index in [-0.39, 0.29) is 57.4 Å². The Kier molecular flexibility index (Phi) is 14.4. The number of esters is 3. The van der Waals surface area contributed by atoms with Gasteiger partial charge in [-0.2, -0.15) is 0 Å². The van der Waals surface area contributed by atoms with Gasteiger partial charge in [0.25, 0.3) is 0 Å². The molecule has 4 aromatic carbocycles. The first kappa shape index (κ1) is 39.6. The second kappa shape index (κ2) is 18.9. The predicted molar refractivity (Wildman–Crippen MR) is 199 cm³/mol. The number of hydrogen-bond acceptors (Lipinski definition) is 10. The molecule has 0 fully saturated rings. The number of nitrogens with zero attached hydrogens (tertiary/aromatic N) is 1. The summed E-state index contributed by atoms with van der Waals surface area (Å²) < 4.78 is 28.9. The maximum atomic E-state index is 13.0.